The number of aryl methyl sites for hydroxylation is 1. The molecule has 2 aromatic rings. The lowest BCUT2D eigenvalue weighted by molar-refractivity contribution is -0.142. The Morgan fingerprint density at radius 2 is 1.73 bits per heavy atom. The lowest BCUT2D eigenvalue weighted by Crippen LogP contribution is -2.31. The quantitative estimate of drug-likeness (QED) is 0.558. The summed E-state index contributed by atoms with van der Waals surface area (Å²) >= 11 is 0. The highest BCUT2D eigenvalue weighted by Gasteiger charge is 2.16. The number of nitrogens with one attached hydrogen (secondary N) is 1. The van der Waals surface area contributed by atoms with Gasteiger partial charge in [-0.15, -0.1) is 0 Å². The minimum atomic E-state index is -3.85. The number of hydrogen-bond donors (Lipinski definition) is 1. The van der Waals surface area contributed by atoms with Gasteiger partial charge in [0.15, 0.2) is 0 Å². The topological polar surface area (TPSA) is 105 Å². The first-order chi connectivity index (χ1) is 12.4. The normalized spacial score (nSPS) is 10.8. The first-order valence-corrected chi connectivity index (χ1v) is 9.24. The summed E-state index contributed by atoms with van der Waals surface area (Å²) in [7, 11) is -3.85. The number of benzene rings is 2. The first-order valence-electron chi connectivity index (χ1n) is 7.75. The average molecular weight is 374 g/mol. The molecule has 0 aliphatic rings. The minimum Gasteiger partial charge on any atom is -0.490 e. The van der Waals surface area contributed by atoms with Crippen molar-refractivity contribution < 1.29 is 22.7 Å². The van der Waals surface area contributed by atoms with E-state index in [0.29, 0.717) is 11.3 Å². The van der Waals surface area contributed by atoms with Crippen molar-refractivity contribution in [3.8, 4) is 11.8 Å². The maximum Gasteiger partial charge on any atom is 0.321 e. The number of sulfonamides is 1. The third-order valence-corrected chi connectivity index (χ3v) is 4.75. The molecule has 0 heterocycles. The molecule has 0 saturated heterocycles. The first kappa shape index (κ1) is 19.4. The van der Waals surface area contributed by atoms with Crippen LogP contribution in [0.4, 0.5) is 0 Å². The highest BCUT2D eigenvalue weighted by Crippen LogP contribution is 2.11. The summed E-state index contributed by atoms with van der Waals surface area (Å²) in [6.07, 6.45) is 0. The number of ether oxygens (including phenoxy) is 2. The van der Waals surface area contributed by atoms with Gasteiger partial charge >= 0.3 is 5.97 Å². The number of hydrogen-bond acceptors (Lipinski definition) is 6. The van der Waals surface area contributed by atoms with E-state index < -0.39 is 22.5 Å². The predicted octanol–water partition coefficient (Wildman–Crippen LogP) is 1.77. The van der Waals surface area contributed by atoms with Crippen molar-refractivity contribution in [1.29, 1.82) is 5.26 Å². The molecule has 2 aromatic carbocycles. The monoisotopic (exact) mass is 374 g/mol. The summed E-state index contributed by atoms with van der Waals surface area (Å²) in [5.74, 6) is -0.0529. The van der Waals surface area contributed by atoms with Crippen molar-refractivity contribution >= 4 is 16.0 Å². The SMILES string of the molecule is Cc1ccc(OCCOC(=O)CNS(=O)(=O)c2ccc(C#N)cc2)cc1. The van der Waals surface area contributed by atoms with E-state index in [9.17, 15) is 13.2 Å². The lowest BCUT2D eigenvalue weighted by atomic mass is 10.2. The van der Waals surface area contributed by atoms with Crippen molar-refractivity contribution in [2.24, 2.45) is 0 Å². The number of esters is 1. The van der Waals surface area contributed by atoms with Crippen molar-refractivity contribution in [1.82, 2.24) is 4.72 Å². The molecule has 0 saturated carbocycles. The summed E-state index contributed by atoms with van der Waals surface area (Å²) in [6, 6.07) is 14.7. The van der Waals surface area contributed by atoms with Crippen LogP contribution in [0.15, 0.2) is 53.4 Å². The Kier molecular flexibility index (Phi) is 6.72. The van der Waals surface area contributed by atoms with Gasteiger partial charge in [-0.2, -0.15) is 9.98 Å². The van der Waals surface area contributed by atoms with Crippen LogP contribution in [-0.4, -0.2) is 34.1 Å². The largest absolute Gasteiger partial charge is 0.490 e. The van der Waals surface area contributed by atoms with Gasteiger partial charge in [-0.3, -0.25) is 4.79 Å². The molecule has 0 amide bonds. The molecule has 0 radical (unpaired) electrons. The van der Waals surface area contributed by atoms with E-state index in [0.717, 1.165) is 5.56 Å². The second-order valence-electron chi connectivity index (χ2n) is 5.34. The molecule has 8 heteroatoms. The van der Waals surface area contributed by atoms with E-state index in [1.807, 2.05) is 37.3 Å². The Bertz CT molecular complexity index is 885. The van der Waals surface area contributed by atoms with E-state index in [4.69, 9.17) is 14.7 Å². The Labute approximate surface area is 152 Å². The third kappa shape index (κ3) is 5.88. The van der Waals surface area contributed by atoms with E-state index in [2.05, 4.69) is 4.72 Å². The Morgan fingerprint density at radius 1 is 1.08 bits per heavy atom. The fraction of sp³-hybridized carbons (Fsp3) is 0.222. The molecule has 0 atom stereocenters. The zero-order chi connectivity index (χ0) is 19.0. The summed E-state index contributed by atoms with van der Waals surface area (Å²) < 4.78 is 36.6. The standard InChI is InChI=1S/C18H18N2O5S/c1-14-2-6-16(7-3-14)24-10-11-25-18(21)13-20-26(22,23)17-8-4-15(12-19)5-9-17/h2-9,20H,10-11,13H2,1H3. The molecule has 0 fully saturated rings. The maximum atomic E-state index is 12.1. The molecule has 2 rings (SSSR count). The third-order valence-electron chi connectivity index (χ3n) is 3.34. The molecular weight excluding hydrogens is 356 g/mol. The maximum absolute atomic E-state index is 12.1. The van der Waals surface area contributed by atoms with Gasteiger partial charge in [-0.25, -0.2) is 8.42 Å². The Morgan fingerprint density at radius 3 is 2.35 bits per heavy atom. The van der Waals surface area contributed by atoms with Crippen LogP contribution in [0.5, 0.6) is 5.75 Å². The summed E-state index contributed by atoms with van der Waals surface area (Å²) in [5.41, 5.74) is 1.45. The summed E-state index contributed by atoms with van der Waals surface area (Å²) in [6.45, 7) is 1.64. The minimum absolute atomic E-state index is 0.00526. The van der Waals surface area contributed by atoms with E-state index in [1.165, 1.54) is 24.3 Å². The van der Waals surface area contributed by atoms with Gasteiger partial charge in [0.25, 0.3) is 0 Å². The molecule has 0 aliphatic heterocycles. The Hall–Kier alpha value is -2.89. The van der Waals surface area contributed by atoms with Crippen LogP contribution in [0, 0.1) is 18.3 Å². The lowest BCUT2D eigenvalue weighted by Gasteiger charge is -2.09. The molecule has 136 valence electrons. The number of carbonyl (C=O) groups is 1. The number of nitriles is 1. The van der Waals surface area contributed by atoms with E-state index in [1.54, 1.807) is 0 Å². The van der Waals surface area contributed by atoms with Crippen LogP contribution in [0.3, 0.4) is 0 Å². The highest BCUT2D eigenvalue weighted by molar-refractivity contribution is 7.89. The summed E-state index contributed by atoms with van der Waals surface area (Å²) in [5, 5.41) is 8.71. The van der Waals surface area contributed by atoms with Crippen molar-refractivity contribution in [2.45, 2.75) is 11.8 Å². The Balaban J connectivity index is 1.73. The fourth-order valence-corrected chi connectivity index (χ4v) is 2.92. The molecule has 0 aliphatic carbocycles. The van der Waals surface area contributed by atoms with Gasteiger partial charge in [-0.1, -0.05) is 17.7 Å². The molecule has 0 spiro atoms. The van der Waals surface area contributed by atoms with Gasteiger partial charge in [0, 0.05) is 0 Å². The highest BCUT2D eigenvalue weighted by atomic mass is 32.2. The molecule has 1 N–H and O–H groups in total. The molecule has 0 unspecified atom stereocenters. The van der Waals surface area contributed by atoms with Gasteiger partial charge < -0.3 is 9.47 Å². The van der Waals surface area contributed by atoms with Crippen LogP contribution < -0.4 is 9.46 Å². The fourth-order valence-electron chi connectivity index (χ4n) is 1.95. The van der Waals surface area contributed by atoms with Crippen molar-refractivity contribution in [3.05, 3.63) is 59.7 Å². The number of rotatable bonds is 8. The van der Waals surface area contributed by atoms with Crippen LogP contribution in [-0.2, 0) is 19.6 Å². The second kappa shape index (κ2) is 8.99. The van der Waals surface area contributed by atoms with Crippen molar-refractivity contribution in [3.63, 3.8) is 0 Å². The van der Waals surface area contributed by atoms with Gasteiger partial charge in [0.05, 0.1) is 16.5 Å². The molecule has 26 heavy (non-hydrogen) atoms. The van der Waals surface area contributed by atoms with Crippen LogP contribution in [0.25, 0.3) is 0 Å². The van der Waals surface area contributed by atoms with Crippen molar-refractivity contribution in [2.75, 3.05) is 19.8 Å². The van der Waals surface area contributed by atoms with Crippen LogP contribution in [0.1, 0.15) is 11.1 Å². The van der Waals surface area contributed by atoms with Crippen LogP contribution in [0.2, 0.25) is 0 Å². The predicted molar refractivity (Wildman–Crippen MR) is 94.0 cm³/mol. The van der Waals surface area contributed by atoms with Gasteiger partial charge in [0.2, 0.25) is 10.0 Å². The second-order valence-corrected chi connectivity index (χ2v) is 7.11. The molecule has 0 bridgehead atoms. The zero-order valence-electron chi connectivity index (χ0n) is 14.1. The van der Waals surface area contributed by atoms with Crippen LogP contribution >= 0.6 is 0 Å². The average Bonchev–Trinajstić information content (AvgIpc) is 2.65. The number of carbonyl (C=O) groups excluding carboxylic acids is 1. The molecular formula is C18H18N2O5S. The van der Waals surface area contributed by atoms with Gasteiger partial charge in [-0.05, 0) is 43.3 Å². The smallest absolute Gasteiger partial charge is 0.321 e. The number of nitrogens with zero attached hydrogens (tertiary/aromatic N) is 1. The van der Waals surface area contributed by atoms with E-state index >= 15 is 0 Å². The zero-order valence-corrected chi connectivity index (χ0v) is 15.0. The molecule has 7 nitrogen and oxygen atoms in total. The van der Waals surface area contributed by atoms with Gasteiger partial charge in [0.1, 0.15) is 25.5 Å². The molecule has 0 aromatic heterocycles. The summed E-state index contributed by atoms with van der Waals surface area (Å²) in [4.78, 5) is 11.6. The van der Waals surface area contributed by atoms with E-state index in [-0.39, 0.29) is 18.1 Å².